The van der Waals surface area contributed by atoms with E-state index < -0.39 is 0 Å². The topological polar surface area (TPSA) is 33.0 Å². The molecule has 0 heterocycles. The number of benzene rings is 1. The third-order valence-electron chi connectivity index (χ3n) is 5.35. The number of rotatable bonds is 10. The fraction of sp³-hybridized carbons (Fsp3) is 0.609. The van der Waals surface area contributed by atoms with Crippen LogP contribution in [0.2, 0.25) is 0 Å². The van der Waals surface area contributed by atoms with Crippen LogP contribution in [0.15, 0.2) is 36.4 Å². The summed E-state index contributed by atoms with van der Waals surface area (Å²) in [5.41, 5.74) is 0.671. The molecule has 2 nitrogen and oxygen atoms in total. The lowest BCUT2D eigenvalue weighted by atomic mass is 9.79. The Labute approximate surface area is 153 Å². The minimum absolute atomic E-state index is 0.614. The zero-order valence-electron chi connectivity index (χ0n) is 15.8. The smallest absolute Gasteiger partial charge is 0.119 e. The zero-order valence-corrected chi connectivity index (χ0v) is 15.8. The summed E-state index contributed by atoms with van der Waals surface area (Å²) in [6.07, 6.45) is 18.5. The van der Waals surface area contributed by atoms with Gasteiger partial charge in [0.1, 0.15) is 12.4 Å². The van der Waals surface area contributed by atoms with E-state index >= 15 is 0 Å². The second-order valence-corrected chi connectivity index (χ2v) is 7.36. The van der Waals surface area contributed by atoms with Gasteiger partial charge in [-0.05, 0) is 61.8 Å². The summed E-state index contributed by atoms with van der Waals surface area (Å²) in [6, 6.07) is 9.43. The summed E-state index contributed by atoms with van der Waals surface area (Å²) < 4.78 is 5.71. The highest BCUT2D eigenvalue weighted by Gasteiger charge is 2.18. The first-order valence-corrected chi connectivity index (χ1v) is 10.1. The average molecular weight is 340 g/mol. The third kappa shape index (κ3) is 7.78. The van der Waals surface area contributed by atoms with E-state index in [1.165, 1.54) is 64.2 Å². The Bertz CT molecular complexity index is 532. The molecule has 1 aliphatic carbocycles. The van der Waals surface area contributed by atoms with E-state index in [0.717, 1.165) is 17.6 Å². The molecule has 2 rings (SSSR count). The first kappa shape index (κ1) is 19.6. The van der Waals surface area contributed by atoms with E-state index in [2.05, 4.69) is 25.1 Å². The van der Waals surface area contributed by atoms with Gasteiger partial charge in [0.2, 0.25) is 0 Å². The monoisotopic (exact) mass is 339 g/mol. The summed E-state index contributed by atoms with van der Waals surface area (Å²) in [5.74, 6) is 2.54. The number of unbranched alkanes of at least 4 members (excludes halogenated alkanes) is 4. The number of nitriles is 1. The average Bonchev–Trinajstić information content (AvgIpc) is 2.66. The fourth-order valence-corrected chi connectivity index (χ4v) is 3.72. The Morgan fingerprint density at radius 3 is 2.44 bits per heavy atom. The van der Waals surface area contributed by atoms with Gasteiger partial charge in [-0.2, -0.15) is 5.26 Å². The quantitative estimate of drug-likeness (QED) is 0.353. The SMILES string of the molecule is CCCCCCCC1CCC(/C=C/COc2ccc(C#N)cc2)CC1. The van der Waals surface area contributed by atoms with Gasteiger partial charge in [-0.15, -0.1) is 0 Å². The number of hydrogen-bond donors (Lipinski definition) is 0. The van der Waals surface area contributed by atoms with Crippen LogP contribution in [0.4, 0.5) is 0 Å². The second kappa shape index (κ2) is 11.7. The molecule has 0 spiro atoms. The molecule has 0 N–H and O–H groups in total. The van der Waals surface area contributed by atoms with Crippen molar-refractivity contribution in [1.29, 1.82) is 5.26 Å². The molecule has 0 saturated heterocycles. The molecule has 25 heavy (non-hydrogen) atoms. The molecule has 1 aromatic carbocycles. The lowest BCUT2D eigenvalue weighted by molar-refractivity contribution is 0.287. The minimum atomic E-state index is 0.614. The van der Waals surface area contributed by atoms with E-state index in [4.69, 9.17) is 10.00 Å². The highest BCUT2D eigenvalue weighted by atomic mass is 16.5. The van der Waals surface area contributed by atoms with Crippen molar-refractivity contribution in [3.05, 3.63) is 42.0 Å². The Kier molecular flexibility index (Phi) is 9.19. The highest BCUT2D eigenvalue weighted by Crippen LogP contribution is 2.32. The van der Waals surface area contributed by atoms with Crippen LogP contribution in [-0.2, 0) is 0 Å². The van der Waals surface area contributed by atoms with E-state index in [1.54, 1.807) is 12.1 Å². The van der Waals surface area contributed by atoms with Gasteiger partial charge in [-0.1, -0.05) is 57.6 Å². The van der Waals surface area contributed by atoms with Crippen molar-refractivity contribution in [2.45, 2.75) is 71.1 Å². The molecular weight excluding hydrogens is 306 g/mol. The Morgan fingerprint density at radius 2 is 1.76 bits per heavy atom. The molecule has 1 aromatic rings. The molecule has 136 valence electrons. The van der Waals surface area contributed by atoms with Crippen LogP contribution < -0.4 is 4.74 Å². The first-order valence-electron chi connectivity index (χ1n) is 10.1. The van der Waals surface area contributed by atoms with Crippen LogP contribution in [0.5, 0.6) is 5.75 Å². The van der Waals surface area contributed by atoms with Gasteiger partial charge >= 0.3 is 0 Å². The molecular formula is C23H33NO. The maximum Gasteiger partial charge on any atom is 0.119 e. The van der Waals surface area contributed by atoms with Crippen molar-refractivity contribution in [2.24, 2.45) is 11.8 Å². The Morgan fingerprint density at radius 1 is 1.04 bits per heavy atom. The number of ether oxygens (including phenoxy) is 1. The normalized spacial score (nSPS) is 20.5. The van der Waals surface area contributed by atoms with E-state index in [1.807, 2.05) is 12.1 Å². The van der Waals surface area contributed by atoms with E-state index in [0.29, 0.717) is 12.2 Å². The van der Waals surface area contributed by atoms with Gasteiger partial charge in [-0.3, -0.25) is 0 Å². The van der Waals surface area contributed by atoms with Crippen LogP contribution in [0.1, 0.15) is 76.7 Å². The minimum Gasteiger partial charge on any atom is -0.490 e. The van der Waals surface area contributed by atoms with Crippen molar-refractivity contribution in [1.82, 2.24) is 0 Å². The maximum atomic E-state index is 8.79. The van der Waals surface area contributed by atoms with Crippen molar-refractivity contribution in [3.63, 3.8) is 0 Å². The molecule has 0 aromatic heterocycles. The molecule has 0 amide bonds. The molecule has 0 bridgehead atoms. The molecule has 1 fully saturated rings. The summed E-state index contributed by atoms with van der Waals surface area (Å²) in [6.45, 7) is 2.90. The molecule has 0 radical (unpaired) electrons. The van der Waals surface area contributed by atoms with E-state index in [9.17, 15) is 0 Å². The van der Waals surface area contributed by atoms with Gasteiger partial charge in [0.05, 0.1) is 11.6 Å². The predicted molar refractivity (Wildman–Crippen MR) is 105 cm³/mol. The number of nitrogens with zero attached hydrogens (tertiary/aromatic N) is 1. The summed E-state index contributed by atoms with van der Waals surface area (Å²) >= 11 is 0. The lowest BCUT2D eigenvalue weighted by Gasteiger charge is -2.26. The molecule has 0 atom stereocenters. The van der Waals surface area contributed by atoms with Crippen LogP contribution in [0.25, 0.3) is 0 Å². The highest BCUT2D eigenvalue weighted by molar-refractivity contribution is 5.34. The lowest BCUT2D eigenvalue weighted by Crippen LogP contribution is -2.13. The summed E-state index contributed by atoms with van der Waals surface area (Å²) in [4.78, 5) is 0. The van der Waals surface area contributed by atoms with Gasteiger partial charge in [0, 0.05) is 0 Å². The van der Waals surface area contributed by atoms with Crippen LogP contribution in [0, 0.1) is 23.2 Å². The van der Waals surface area contributed by atoms with Gasteiger partial charge < -0.3 is 4.74 Å². The Hall–Kier alpha value is -1.75. The number of allylic oxidation sites excluding steroid dienone is 1. The van der Waals surface area contributed by atoms with Crippen LogP contribution in [-0.4, -0.2) is 6.61 Å². The molecule has 1 saturated carbocycles. The van der Waals surface area contributed by atoms with E-state index in [-0.39, 0.29) is 0 Å². The van der Waals surface area contributed by atoms with Crippen molar-refractivity contribution in [3.8, 4) is 11.8 Å². The van der Waals surface area contributed by atoms with Crippen molar-refractivity contribution >= 4 is 0 Å². The zero-order chi connectivity index (χ0) is 17.7. The maximum absolute atomic E-state index is 8.79. The van der Waals surface area contributed by atoms with Gasteiger partial charge in [0.15, 0.2) is 0 Å². The van der Waals surface area contributed by atoms with Crippen LogP contribution >= 0.6 is 0 Å². The van der Waals surface area contributed by atoms with Gasteiger partial charge in [0.25, 0.3) is 0 Å². The summed E-state index contributed by atoms with van der Waals surface area (Å²) in [5, 5.41) is 8.79. The molecule has 2 heteroatoms. The number of hydrogen-bond acceptors (Lipinski definition) is 2. The standard InChI is InChI=1S/C23H33NO/c1-2-3-4-5-6-8-20-10-12-21(13-11-20)9-7-18-25-23-16-14-22(19-24)15-17-23/h7,9,14-17,20-21H,2-6,8,10-13,18H2,1H3/b9-7+. The van der Waals surface area contributed by atoms with Gasteiger partial charge in [-0.25, -0.2) is 0 Å². The molecule has 0 aliphatic heterocycles. The summed E-state index contributed by atoms with van der Waals surface area (Å²) in [7, 11) is 0. The molecule has 1 aliphatic rings. The molecule has 0 unspecified atom stereocenters. The largest absolute Gasteiger partial charge is 0.490 e. The first-order chi connectivity index (χ1) is 12.3. The third-order valence-corrected chi connectivity index (χ3v) is 5.35. The van der Waals surface area contributed by atoms with Crippen LogP contribution in [0.3, 0.4) is 0 Å². The second-order valence-electron chi connectivity index (χ2n) is 7.36. The van der Waals surface area contributed by atoms with Crippen molar-refractivity contribution in [2.75, 3.05) is 6.61 Å². The van der Waals surface area contributed by atoms with Crippen molar-refractivity contribution < 1.29 is 4.74 Å². The fourth-order valence-electron chi connectivity index (χ4n) is 3.72. The predicted octanol–water partition coefficient (Wildman–Crippen LogP) is 6.66. The Balaban J connectivity index is 1.56.